The smallest absolute Gasteiger partial charge is 0.253 e. The summed E-state index contributed by atoms with van der Waals surface area (Å²) in [5.41, 5.74) is 0.661. The molecule has 0 unspecified atom stereocenters. The fourth-order valence-corrected chi connectivity index (χ4v) is 3.84. The molecule has 0 saturated carbocycles. The van der Waals surface area contributed by atoms with Crippen LogP contribution in [0.5, 0.6) is 5.75 Å². The van der Waals surface area contributed by atoms with E-state index in [0.29, 0.717) is 24.6 Å². The van der Waals surface area contributed by atoms with E-state index in [2.05, 4.69) is 5.32 Å². The molecule has 6 nitrogen and oxygen atoms in total. The zero-order valence-corrected chi connectivity index (χ0v) is 16.1. The van der Waals surface area contributed by atoms with Crippen molar-refractivity contribution in [2.45, 2.75) is 32.1 Å². The maximum absolute atomic E-state index is 12.6. The number of rotatable bonds is 6. The van der Waals surface area contributed by atoms with Crippen LogP contribution in [-0.2, 0) is 9.53 Å². The first-order chi connectivity index (χ1) is 13.2. The predicted octanol–water partition coefficient (Wildman–Crippen LogP) is 2.48. The maximum atomic E-state index is 12.6. The molecule has 2 amide bonds. The van der Waals surface area contributed by atoms with Crippen molar-refractivity contribution in [3.8, 4) is 5.75 Å². The highest BCUT2D eigenvalue weighted by molar-refractivity contribution is 5.94. The Kier molecular flexibility index (Phi) is 7.10. The third kappa shape index (κ3) is 5.45. The molecule has 3 rings (SSSR count). The van der Waals surface area contributed by atoms with Crippen molar-refractivity contribution in [1.29, 1.82) is 0 Å². The van der Waals surface area contributed by atoms with Crippen LogP contribution in [0.4, 0.5) is 0 Å². The van der Waals surface area contributed by atoms with E-state index < -0.39 is 0 Å². The lowest BCUT2D eigenvalue weighted by Crippen LogP contribution is -2.43. The third-order valence-electron chi connectivity index (χ3n) is 5.60. The minimum Gasteiger partial charge on any atom is -0.497 e. The van der Waals surface area contributed by atoms with E-state index in [0.717, 1.165) is 51.2 Å². The SMILES string of the molecule is COc1ccc(C(=O)N2CCC(C(=O)NCC[C@H]3CCCOC3)CC2)cc1. The first-order valence-corrected chi connectivity index (χ1v) is 9.96. The van der Waals surface area contributed by atoms with Crippen molar-refractivity contribution in [1.82, 2.24) is 10.2 Å². The minimum atomic E-state index is 0.00697. The highest BCUT2D eigenvalue weighted by atomic mass is 16.5. The Morgan fingerprint density at radius 3 is 2.56 bits per heavy atom. The number of nitrogens with one attached hydrogen (secondary N) is 1. The number of amides is 2. The minimum absolute atomic E-state index is 0.00697. The molecule has 1 aromatic carbocycles. The normalized spacial score (nSPS) is 20.9. The van der Waals surface area contributed by atoms with Gasteiger partial charge < -0.3 is 19.7 Å². The molecule has 6 heteroatoms. The Hall–Kier alpha value is -2.08. The predicted molar refractivity (Wildman–Crippen MR) is 103 cm³/mol. The monoisotopic (exact) mass is 374 g/mol. The molecule has 0 aromatic heterocycles. The van der Waals surface area contributed by atoms with Gasteiger partial charge in [-0.15, -0.1) is 0 Å². The maximum Gasteiger partial charge on any atom is 0.253 e. The van der Waals surface area contributed by atoms with Gasteiger partial charge in [-0.05, 0) is 62.3 Å². The van der Waals surface area contributed by atoms with Crippen LogP contribution in [0.2, 0.25) is 0 Å². The van der Waals surface area contributed by atoms with Crippen molar-refractivity contribution in [3.05, 3.63) is 29.8 Å². The molecule has 2 heterocycles. The van der Waals surface area contributed by atoms with Gasteiger partial charge >= 0.3 is 0 Å². The van der Waals surface area contributed by atoms with Crippen molar-refractivity contribution < 1.29 is 19.1 Å². The number of methoxy groups -OCH3 is 1. The molecule has 27 heavy (non-hydrogen) atoms. The number of carbonyl (C=O) groups excluding carboxylic acids is 2. The van der Waals surface area contributed by atoms with Gasteiger partial charge in [0.25, 0.3) is 5.91 Å². The number of piperidine rings is 1. The van der Waals surface area contributed by atoms with Gasteiger partial charge in [0.05, 0.1) is 7.11 Å². The van der Waals surface area contributed by atoms with Gasteiger partial charge in [-0.25, -0.2) is 0 Å². The van der Waals surface area contributed by atoms with E-state index in [1.54, 1.807) is 31.4 Å². The summed E-state index contributed by atoms with van der Waals surface area (Å²) in [6.45, 7) is 3.66. The molecule has 2 aliphatic rings. The van der Waals surface area contributed by atoms with Crippen LogP contribution in [0.25, 0.3) is 0 Å². The van der Waals surface area contributed by atoms with Gasteiger partial charge in [-0.1, -0.05) is 0 Å². The van der Waals surface area contributed by atoms with Gasteiger partial charge in [-0.3, -0.25) is 9.59 Å². The zero-order chi connectivity index (χ0) is 19.1. The largest absolute Gasteiger partial charge is 0.497 e. The number of carbonyl (C=O) groups is 2. The van der Waals surface area contributed by atoms with Gasteiger partial charge in [0, 0.05) is 44.3 Å². The molecule has 0 aliphatic carbocycles. The van der Waals surface area contributed by atoms with Gasteiger partial charge in [0.15, 0.2) is 0 Å². The molecule has 2 aliphatic heterocycles. The lowest BCUT2D eigenvalue weighted by atomic mass is 9.94. The first-order valence-electron chi connectivity index (χ1n) is 9.96. The van der Waals surface area contributed by atoms with E-state index in [9.17, 15) is 9.59 Å². The first kappa shape index (κ1) is 19.7. The van der Waals surface area contributed by atoms with E-state index in [1.807, 2.05) is 4.90 Å². The fraction of sp³-hybridized carbons (Fsp3) is 0.619. The Balaban J connectivity index is 1.39. The molecule has 2 saturated heterocycles. The Morgan fingerprint density at radius 1 is 1.19 bits per heavy atom. The average Bonchev–Trinajstić information content (AvgIpc) is 2.74. The highest BCUT2D eigenvalue weighted by Crippen LogP contribution is 2.21. The lowest BCUT2D eigenvalue weighted by molar-refractivity contribution is -0.126. The van der Waals surface area contributed by atoms with Crippen LogP contribution in [-0.4, -0.2) is 56.7 Å². The van der Waals surface area contributed by atoms with Gasteiger partial charge in [0.2, 0.25) is 5.91 Å². The summed E-state index contributed by atoms with van der Waals surface area (Å²) in [7, 11) is 1.61. The summed E-state index contributed by atoms with van der Waals surface area (Å²) in [5.74, 6) is 1.47. The Bertz CT molecular complexity index is 618. The number of ether oxygens (including phenoxy) is 2. The summed E-state index contributed by atoms with van der Waals surface area (Å²) in [5, 5.41) is 3.08. The van der Waals surface area contributed by atoms with Crippen molar-refractivity contribution in [2.75, 3.05) is 40.0 Å². The van der Waals surface area contributed by atoms with E-state index >= 15 is 0 Å². The number of nitrogens with zero attached hydrogens (tertiary/aromatic N) is 1. The summed E-state index contributed by atoms with van der Waals surface area (Å²) in [6.07, 6.45) is 4.75. The van der Waals surface area contributed by atoms with Gasteiger partial charge in [-0.2, -0.15) is 0 Å². The molecule has 1 aromatic rings. The van der Waals surface area contributed by atoms with Gasteiger partial charge in [0.1, 0.15) is 5.75 Å². The fourth-order valence-electron chi connectivity index (χ4n) is 3.84. The molecule has 0 spiro atoms. The van der Waals surface area contributed by atoms with Crippen molar-refractivity contribution in [2.24, 2.45) is 11.8 Å². The Morgan fingerprint density at radius 2 is 1.93 bits per heavy atom. The average molecular weight is 374 g/mol. The molecular weight excluding hydrogens is 344 g/mol. The number of benzene rings is 1. The second kappa shape index (κ2) is 9.74. The Labute approximate surface area is 161 Å². The molecule has 1 atom stereocenters. The third-order valence-corrected chi connectivity index (χ3v) is 5.60. The molecule has 0 radical (unpaired) electrons. The molecule has 2 fully saturated rings. The van der Waals surface area contributed by atoms with Crippen LogP contribution in [0.1, 0.15) is 42.5 Å². The molecule has 0 bridgehead atoms. The number of hydrogen-bond donors (Lipinski definition) is 1. The van der Waals surface area contributed by atoms with Crippen LogP contribution < -0.4 is 10.1 Å². The lowest BCUT2D eigenvalue weighted by Gasteiger charge is -2.31. The summed E-state index contributed by atoms with van der Waals surface area (Å²) in [4.78, 5) is 26.8. The van der Waals surface area contributed by atoms with Crippen LogP contribution in [0.3, 0.4) is 0 Å². The topological polar surface area (TPSA) is 67.9 Å². The summed E-state index contributed by atoms with van der Waals surface area (Å²) >= 11 is 0. The van der Waals surface area contributed by atoms with Crippen LogP contribution in [0, 0.1) is 11.8 Å². The number of hydrogen-bond acceptors (Lipinski definition) is 4. The second-order valence-corrected chi connectivity index (χ2v) is 7.46. The molecule has 148 valence electrons. The summed E-state index contributed by atoms with van der Waals surface area (Å²) < 4.78 is 10.6. The number of likely N-dealkylation sites (tertiary alicyclic amines) is 1. The van der Waals surface area contributed by atoms with Crippen LogP contribution in [0.15, 0.2) is 24.3 Å². The van der Waals surface area contributed by atoms with E-state index in [1.165, 1.54) is 6.42 Å². The summed E-state index contributed by atoms with van der Waals surface area (Å²) in [6, 6.07) is 7.17. The van der Waals surface area contributed by atoms with E-state index in [4.69, 9.17) is 9.47 Å². The highest BCUT2D eigenvalue weighted by Gasteiger charge is 2.27. The van der Waals surface area contributed by atoms with Crippen molar-refractivity contribution >= 4 is 11.8 Å². The van der Waals surface area contributed by atoms with E-state index in [-0.39, 0.29) is 17.7 Å². The quantitative estimate of drug-likeness (QED) is 0.831. The standard InChI is InChI=1S/C21H30N2O4/c1-26-19-6-4-18(5-7-19)21(25)23-12-9-17(10-13-23)20(24)22-11-8-16-3-2-14-27-15-16/h4-7,16-17H,2-3,8-15H2,1H3,(H,22,24)/t16-/m1/s1. The second-order valence-electron chi connectivity index (χ2n) is 7.46. The molecule has 1 N–H and O–H groups in total. The van der Waals surface area contributed by atoms with Crippen molar-refractivity contribution in [3.63, 3.8) is 0 Å². The molecular formula is C21H30N2O4. The van der Waals surface area contributed by atoms with Crippen LogP contribution >= 0.6 is 0 Å². The zero-order valence-electron chi connectivity index (χ0n) is 16.1.